The van der Waals surface area contributed by atoms with Gasteiger partial charge in [0.1, 0.15) is 0 Å². The molecule has 24 heavy (non-hydrogen) atoms. The van der Waals surface area contributed by atoms with Crippen molar-refractivity contribution in [2.24, 2.45) is 23.7 Å². The van der Waals surface area contributed by atoms with E-state index in [1.165, 1.54) is 12.8 Å². The summed E-state index contributed by atoms with van der Waals surface area (Å²) in [7, 11) is 2.17. The zero-order chi connectivity index (χ0) is 16.8. The lowest BCUT2D eigenvalue weighted by atomic mass is 9.66. The highest BCUT2D eigenvalue weighted by atomic mass is 16.2. The van der Waals surface area contributed by atoms with Crippen molar-refractivity contribution >= 4 is 11.8 Å². The fourth-order valence-electron chi connectivity index (χ4n) is 5.51. The van der Waals surface area contributed by atoms with E-state index in [9.17, 15) is 9.59 Å². The van der Waals surface area contributed by atoms with Gasteiger partial charge in [-0.2, -0.15) is 0 Å². The fraction of sp³-hybridized carbons (Fsp3) is 0.889. The van der Waals surface area contributed by atoms with E-state index in [4.69, 9.17) is 0 Å². The normalized spacial score (nSPS) is 41.1. The van der Waals surface area contributed by atoms with Gasteiger partial charge in [-0.05, 0) is 43.6 Å². The number of fused-ring (bicyclic) bond motifs is 4. The minimum atomic E-state index is 0.0826. The molecular formula is C18H30N4O2. The SMILES string of the molecule is CC(=O)NC1[C@@H]2C[C@H]1CN(CCC(=O)NC1[C@@H]3C[C@H]1CN(C)C3)C2. The molecule has 134 valence electrons. The van der Waals surface area contributed by atoms with Crippen LogP contribution >= 0.6 is 0 Å². The van der Waals surface area contributed by atoms with Crippen LogP contribution in [0.3, 0.4) is 0 Å². The number of amides is 2. The molecule has 2 amide bonds. The predicted octanol–water partition coefficient (Wildman–Crippen LogP) is -0.101. The van der Waals surface area contributed by atoms with Crippen molar-refractivity contribution in [1.82, 2.24) is 20.4 Å². The molecule has 0 spiro atoms. The number of hydrogen-bond donors (Lipinski definition) is 2. The highest BCUT2D eigenvalue weighted by molar-refractivity contribution is 5.76. The van der Waals surface area contributed by atoms with Gasteiger partial charge in [0.2, 0.25) is 11.8 Å². The summed E-state index contributed by atoms with van der Waals surface area (Å²) in [6.07, 6.45) is 3.12. The van der Waals surface area contributed by atoms with E-state index in [2.05, 4.69) is 27.5 Å². The molecule has 2 unspecified atom stereocenters. The molecular weight excluding hydrogens is 304 g/mol. The molecule has 5 fully saturated rings. The Balaban J connectivity index is 1.17. The standard InChI is InChI=1S/C18H30N4O2/c1-11(23)19-17-14-6-15(17)10-22(9-14)4-3-16(24)20-18-12-5-13(18)8-21(2)7-12/h12-15,17-18H,3-10H2,1-2H3,(H,19,23)(H,20,24)/t12-,13+,14-,15+,17?,18?. The summed E-state index contributed by atoms with van der Waals surface area (Å²) in [6, 6.07) is 0.798. The van der Waals surface area contributed by atoms with Gasteiger partial charge in [-0.25, -0.2) is 0 Å². The molecule has 0 aromatic rings. The Bertz CT molecular complexity index is 501. The molecule has 3 heterocycles. The number of likely N-dealkylation sites (tertiary alicyclic amines) is 1. The van der Waals surface area contributed by atoms with Gasteiger partial charge < -0.3 is 20.4 Å². The molecule has 6 heteroatoms. The van der Waals surface area contributed by atoms with Crippen LogP contribution in [0, 0.1) is 23.7 Å². The lowest BCUT2D eigenvalue weighted by Gasteiger charge is -2.54. The van der Waals surface area contributed by atoms with Gasteiger partial charge in [0.05, 0.1) is 0 Å². The average molecular weight is 334 g/mol. The predicted molar refractivity (Wildman–Crippen MR) is 91.3 cm³/mol. The van der Waals surface area contributed by atoms with Crippen LogP contribution in [-0.2, 0) is 9.59 Å². The first-order chi connectivity index (χ1) is 11.5. The topological polar surface area (TPSA) is 64.7 Å². The Labute approximate surface area is 144 Å². The largest absolute Gasteiger partial charge is 0.353 e. The molecule has 0 aromatic heterocycles. The molecule has 4 bridgehead atoms. The van der Waals surface area contributed by atoms with Crippen LogP contribution in [0.25, 0.3) is 0 Å². The number of carbonyl (C=O) groups is 2. The Morgan fingerprint density at radius 1 is 0.917 bits per heavy atom. The summed E-state index contributed by atoms with van der Waals surface area (Å²) < 4.78 is 0. The molecule has 2 saturated carbocycles. The van der Waals surface area contributed by atoms with Gasteiger partial charge in [0, 0.05) is 58.2 Å². The Morgan fingerprint density at radius 3 is 2.04 bits per heavy atom. The van der Waals surface area contributed by atoms with Crippen molar-refractivity contribution in [1.29, 1.82) is 0 Å². The van der Waals surface area contributed by atoms with E-state index in [-0.39, 0.29) is 11.8 Å². The van der Waals surface area contributed by atoms with Gasteiger partial charge in [0.25, 0.3) is 0 Å². The number of rotatable bonds is 5. The third-order valence-corrected chi connectivity index (χ3v) is 6.67. The van der Waals surface area contributed by atoms with Crippen molar-refractivity contribution < 1.29 is 9.59 Å². The molecule has 3 aliphatic heterocycles. The van der Waals surface area contributed by atoms with Crippen LogP contribution in [-0.4, -0.2) is 73.5 Å². The van der Waals surface area contributed by atoms with Crippen molar-refractivity contribution in [3.63, 3.8) is 0 Å². The first-order valence-corrected chi connectivity index (χ1v) is 9.47. The van der Waals surface area contributed by atoms with E-state index in [1.54, 1.807) is 6.92 Å². The molecule has 2 N–H and O–H groups in total. The Kier molecular flexibility index (Phi) is 4.29. The summed E-state index contributed by atoms with van der Waals surface area (Å²) in [5, 5.41) is 6.37. The molecule has 6 atom stereocenters. The number of piperidine rings is 4. The van der Waals surface area contributed by atoms with E-state index in [1.807, 2.05) is 0 Å². The monoisotopic (exact) mass is 334 g/mol. The highest BCUT2D eigenvalue weighted by Gasteiger charge is 2.47. The summed E-state index contributed by atoms with van der Waals surface area (Å²) in [4.78, 5) is 28.3. The molecule has 5 aliphatic rings. The van der Waals surface area contributed by atoms with Crippen LogP contribution in [0.4, 0.5) is 0 Å². The van der Waals surface area contributed by atoms with E-state index in [0.717, 1.165) is 32.7 Å². The third kappa shape index (κ3) is 3.06. The van der Waals surface area contributed by atoms with E-state index < -0.39 is 0 Å². The number of nitrogens with one attached hydrogen (secondary N) is 2. The van der Waals surface area contributed by atoms with Crippen molar-refractivity contribution in [3.8, 4) is 0 Å². The fourth-order valence-corrected chi connectivity index (χ4v) is 5.51. The van der Waals surface area contributed by atoms with Crippen LogP contribution in [0.2, 0.25) is 0 Å². The number of carbonyl (C=O) groups excluding carboxylic acids is 2. The number of hydrogen-bond acceptors (Lipinski definition) is 4. The number of nitrogens with zero attached hydrogens (tertiary/aromatic N) is 2. The first kappa shape index (κ1) is 16.3. The lowest BCUT2D eigenvalue weighted by Crippen LogP contribution is -2.65. The Hall–Kier alpha value is -1.14. The van der Waals surface area contributed by atoms with Crippen LogP contribution in [0.15, 0.2) is 0 Å². The lowest BCUT2D eigenvalue weighted by molar-refractivity contribution is -0.126. The average Bonchev–Trinajstić information content (AvgIpc) is 2.55. The smallest absolute Gasteiger partial charge is 0.221 e. The first-order valence-electron chi connectivity index (χ1n) is 9.47. The second-order valence-corrected chi connectivity index (χ2v) is 8.56. The Morgan fingerprint density at radius 2 is 1.46 bits per heavy atom. The van der Waals surface area contributed by atoms with Gasteiger partial charge in [-0.3, -0.25) is 9.59 Å². The van der Waals surface area contributed by atoms with Crippen LogP contribution in [0.1, 0.15) is 26.2 Å². The minimum Gasteiger partial charge on any atom is -0.353 e. The van der Waals surface area contributed by atoms with Crippen molar-refractivity contribution in [3.05, 3.63) is 0 Å². The zero-order valence-electron chi connectivity index (χ0n) is 14.8. The van der Waals surface area contributed by atoms with Gasteiger partial charge in [-0.15, -0.1) is 0 Å². The summed E-state index contributed by atoms with van der Waals surface area (Å²) in [5.74, 6) is 2.79. The highest BCUT2D eigenvalue weighted by Crippen LogP contribution is 2.40. The second kappa shape index (κ2) is 6.30. The molecule has 0 radical (unpaired) electrons. The zero-order valence-corrected chi connectivity index (χ0v) is 14.8. The maximum atomic E-state index is 12.3. The maximum absolute atomic E-state index is 12.3. The van der Waals surface area contributed by atoms with Gasteiger partial charge in [0.15, 0.2) is 0 Å². The summed E-state index contributed by atoms with van der Waals surface area (Å²) >= 11 is 0. The van der Waals surface area contributed by atoms with Crippen molar-refractivity contribution in [2.75, 3.05) is 39.8 Å². The molecule has 0 aromatic carbocycles. The third-order valence-electron chi connectivity index (χ3n) is 6.67. The van der Waals surface area contributed by atoms with Gasteiger partial charge >= 0.3 is 0 Å². The summed E-state index contributed by atoms with van der Waals surface area (Å²) in [6.45, 7) is 6.75. The van der Waals surface area contributed by atoms with E-state index >= 15 is 0 Å². The van der Waals surface area contributed by atoms with E-state index in [0.29, 0.717) is 42.2 Å². The molecule has 6 nitrogen and oxygen atoms in total. The van der Waals surface area contributed by atoms with Gasteiger partial charge in [-0.1, -0.05) is 0 Å². The molecule has 3 saturated heterocycles. The minimum absolute atomic E-state index is 0.0826. The van der Waals surface area contributed by atoms with Crippen LogP contribution < -0.4 is 10.6 Å². The molecule has 5 rings (SSSR count). The van der Waals surface area contributed by atoms with Crippen LogP contribution in [0.5, 0.6) is 0 Å². The molecule has 2 aliphatic carbocycles. The summed E-state index contributed by atoms with van der Waals surface area (Å²) in [5.41, 5.74) is 0. The quantitative estimate of drug-likeness (QED) is 0.737. The second-order valence-electron chi connectivity index (χ2n) is 8.56. The van der Waals surface area contributed by atoms with Crippen molar-refractivity contribution in [2.45, 2.75) is 38.3 Å². The maximum Gasteiger partial charge on any atom is 0.221 e.